The maximum absolute atomic E-state index is 13.4. The van der Waals surface area contributed by atoms with Gasteiger partial charge >= 0.3 is 0 Å². The first-order valence-electron chi connectivity index (χ1n) is 11.0. The minimum Gasteiger partial charge on any atom is -0.481 e. The molecule has 2 heterocycles. The summed E-state index contributed by atoms with van der Waals surface area (Å²) in [6.45, 7) is 9.55. The smallest absolute Gasteiger partial charge is 0.253 e. The highest BCUT2D eigenvalue weighted by molar-refractivity contribution is 6.30. The molecule has 0 aliphatic carbocycles. The van der Waals surface area contributed by atoms with Crippen molar-refractivity contribution in [3.63, 3.8) is 0 Å². The number of piperidine rings is 1. The van der Waals surface area contributed by atoms with E-state index in [1.807, 2.05) is 30.9 Å². The van der Waals surface area contributed by atoms with Crippen molar-refractivity contribution in [2.75, 3.05) is 20.2 Å². The fraction of sp³-hybridized carbons (Fsp3) is 0.480. The molecule has 2 atom stereocenters. The van der Waals surface area contributed by atoms with Crippen molar-refractivity contribution in [2.24, 2.45) is 11.3 Å². The molecule has 1 N–H and O–H groups in total. The van der Waals surface area contributed by atoms with E-state index in [0.717, 1.165) is 11.4 Å². The van der Waals surface area contributed by atoms with Crippen molar-refractivity contribution in [1.29, 1.82) is 0 Å². The molecule has 1 unspecified atom stereocenters. The van der Waals surface area contributed by atoms with Gasteiger partial charge in [0.25, 0.3) is 5.91 Å². The van der Waals surface area contributed by atoms with Crippen molar-refractivity contribution < 1.29 is 14.3 Å². The summed E-state index contributed by atoms with van der Waals surface area (Å²) in [5.74, 6) is 0.361. The first kappa shape index (κ1) is 24.1. The van der Waals surface area contributed by atoms with E-state index in [2.05, 4.69) is 36.3 Å². The SMILES string of the molecule is COc1ccc(C(=O)N[C@@H](C(=O)N2CCC(c3ccc(Cl)cc3)C(C)(C)C2)C(C)C)cn1. The van der Waals surface area contributed by atoms with E-state index >= 15 is 0 Å². The minimum atomic E-state index is -0.604. The molecule has 1 saturated heterocycles. The highest BCUT2D eigenvalue weighted by atomic mass is 35.5. The number of aromatic nitrogens is 1. The fourth-order valence-corrected chi connectivity index (χ4v) is 4.55. The lowest BCUT2D eigenvalue weighted by molar-refractivity contribution is -0.137. The highest BCUT2D eigenvalue weighted by Gasteiger charge is 2.40. The summed E-state index contributed by atoms with van der Waals surface area (Å²) in [5, 5.41) is 3.64. The van der Waals surface area contributed by atoms with Crippen LogP contribution in [0.25, 0.3) is 0 Å². The van der Waals surface area contributed by atoms with Gasteiger partial charge in [0.2, 0.25) is 11.8 Å². The summed E-state index contributed by atoms with van der Waals surface area (Å²) in [4.78, 5) is 32.2. The Labute approximate surface area is 195 Å². The topological polar surface area (TPSA) is 71.5 Å². The summed E-state index contributed by atoms with van der Waals surface area (Å²) >= 11 is 6.05. The van der Waals surface area contributed by atoms with Crippen LogP contribution in [0.2, 0.25) is 5.02 Å². The maximum Gasteiger partial charge on any atom is 0.253 e. The van der Waals surface area contributed by atoms with Gasteiger partial charge in [-0.3, -0.25) is 9.59 Å². The molecule has 1 aliphatic rings. The summed E-state index contributed by atoms with van der Waals surface area (Å²) in [7, 11) is 1.52. The fourth-order valence-electron chi connectivity index (χ4n) is 4.43. The molecule has 1 aromatic carbocycles. The molecular weight excluding hydrogens is 426 g/mol. The monoisotopic (exact) mass is 457 g/mol. The van der Waals surface area contributed by atoms with Crippen LogP contribution < -0.4 is 10.1 Å². The number of likely N-dealkylation sites (tertiary alicyclic amines) is 1. The van der Waals surface area contributed by atoms with Gasteiger partial charge in [-0.25, -0.2) is 4.98 Å². The van der Waals surface area contributed by atoms with E-state index in [-0.39, 0.29) is 23.1 Å². The van der Waals surface area contributed by atoms with Crippen LogP contribution in [0.3, 0.4) is 0 Å². The van der Waals surface area contributed by atoms with Crippen LogP contribution >= 0.6 is 11.6 Å². The van der Waals surface area contributed by atoms with Gasteiger partial charge in [0, 0.05) is 30.4 Å². The minimum absolute atomic E-state index is 0.0440. The number of carbonyl (C=O) groups excluding carboxylic acids is 2. The van der Waals surface area contributed by atoms with Gasteiger partial charge in [-0.05, 0) is 47.4 Å². The number of nitrogens with one attached hydrogen (secondary N) is 1. The number of rotatable bonds is 6. The van der Waals surface area contributed by atoms with Crippen LogP contribution in [0.5, 0.6) is 5.88 Å². The standard InChI is InChI=1S/C25H32ClN3O3/c1-16(2)22(28-23(30)18-8-11-21(32-5)27-14-18)24(31)29-13-12-20(25(3,4)15-29)17-6-9-19(26)10-7-17/h6-11,14,16,20,22H,12-13,15H2,1-5H3,(H,28,30)/t20?,22-/m1/s1. The number of amides is 2. The number of nitrogens with zero attached hydrogens (tertiary/aromatic N) is 2. The molecule has 7 heteroatoms. The van der Waals surface area contributed by atoms with Crippen LogP contribution in [0.1, 0.15) is 56.0 Å². The second-order valence-electron chi connectivity index (χ2n) is 9.43. The molecule has 0 saturated carbocycles. The molecule has 2 aromatic rings. The predicted molar refractivity (Wildman–Crippen MR) is 126 cm³/mol. The molecule has 0 bridgehead atoms. The van der Waals surface area contributed by atoms with E-state index in [1.54, 1.807) is 12.1 Å². The van der Waals surface area contributed by atoms with Crippen molar-refractivity contribution in [2.45, 2.75) is 46.1 Å². The average Bonchev–Trinajstić information content (AvgIpc) is 2.77. The Kier molecular flexibility index (Phi) is 7.44. The van der Waals surface area contributed by atoms with Crippen LogP contribution in [0.15, 0.2) is 42.6 Å². The Hall–Kier alpha value is -2.60. The first-order valence-corrected chi connectivity index (χ1v) is 11.4. The van der Waals surface area contributed by atoms with Crippen molar-refractivity contribution in [3.05, 3.63) is 58.7 Å². The van der Waals surface area contributed by atoms with Gasteiger partial charge < -0.3 is 15.0 Å². The number of halogens is 1. The zero-order chi connectivity index (χ0) is 23.5. The number of pyridine rings is 1. The Bertz CT molecular complexity index is 942. The number of benzene rings is 1. The van der Waals surface area contributed by atoms with E-state index in [0.29, 0.717) is 30.5 Å². The van der Waals surface area contributed by atoms with Crippen molar-refractivity contribution in [3.8, 4) is 5.88 Å². The zero-order valence-electron chi connectivity index (χ0n) is 19.4. The Balaban J connectivity index is 1.71. The Morgan fingerprint density at radius 3 is 2.41 bits per heavy atom. The Morgan fingerprint density at radius 2 is 1.88 bits per heavy atom. The third-order valence-corrected chi connectivity index (χ3v) is 6.49. The summed E-state index contributed by atoms with van der Waals surface area (Å²) in [6, 6.07) is 10.7. The van der Waals surface area contributed by atoms with Gasteiger partial charge in [-0.1, -0.05) is 51.4 Å². The van der Waals surface area contributed by atoms with Crippen LogP contribution in [0.4, 0.5) is 0 Å². The van der Waals surface area contributed by atoms with E-state index < -0.39 is 6.04 Å². The second kappa shape index (κ2) is 9.90. The Morgan fingerprint density at radius 1 is 1.19 bits per heavy atom. The summed E-state index contributed by atoms with van der Waals surface area (Å²) in [5.41, 5.74) is 1.53. The van der Waals surface area contributed by atoms with Gasteiger partial charge in [-0.2, -0.15) is 0 Å². The van der Waals surface area contributed by atoms with Crippen LogP contribution in [0, 0.1) is 11.3 Å². The summed E-state index contributed by atoms with van der Waals surface area (Å²) in [6.07, 6.45) is 2.32. The molecule has 2 amide bonds. The number of hydrogen-bond donors (Lipinski definition) is 1. The van der Waals surface area contributed by atoms with Crippen LogP contribution in [-0.2, 0) is 4.79 Å². The lowest BCUT2D eigenvalue weighted by atomic mass is 9.70. The molecular formula is C25H32ClN3O3. The van der Waals surface area contributed by atoms with Gasteiger partial charge in [0.15, 0.2) is 0 Å². The third-order valence-electron chi connectivity index (χ3n) is 6.24. The summed E-state index contributed by atoms with van der Waals surface area (Å²) < 4.78 is 5.04. The predicted octanol–water partition coefficient (Wildman–Crippen LogP) is 4.54. The van der Waals surface area contributed by atoms with Gasteiger partial charge in [-0.15, -0.1) is 0 Å². The normalized spacial score (nSPS) is 18.8. The zero-order valence-corrected chi connectivity index (χ0v) is 20.1. The first-order chi connectivity index (χ1) is 15.1. The number of carbonyl (C=O) groups is 2. The van der Waals surface area contributed by atoms with Gasteiger partial charge in [0.05, 0.1) is 12.7 Å². The largest absolute Gasteiger partial charge is 0.481 e. The van der Waals surface area contributed by atoms with Gasteiger partial charge in [0.1, 0.15) is 6.04 Å². The molecule has 1 aromatic heterocycles. The molecule has 32 heavy (non-hydrogen) atoms. The molecule has 1 aliphatic heterocycles. The van der Waals surface area contributed by atoms with E-state index in [9.17, 15) is 9.59 Å². The van der Waals surface area contributed by atoms with Crippen molar-refractivity contribution >= 4 is 23.4 Å². The third kappa shape index (κ3) is 5.41. The molecule has 172 valence electrons. The number of hydrogen-bond acceptors (Lipinski definition) is 4. The second-order valence-corrected chi connectivity index (χ2v) is 9.86. The van der Waals surface area contributed by atoms with E-state index in [4.69, 9.17) is 16.3 Å². The van der Waals surface area contributed by atoms with Crippen LogP contribution in [-0.4, -0.2) is 47.9 Å². The molecule has 1 fully saturated rings. The highest BCUT2D eigenvalue weighted by Crippen LogP contribution is 2.42. The number of methoxy groups -OCH3 is 1. The molecule has 0 spiro atoms. The molecule has 0 radical (unpaired) electrons. The lowest BCUT2D eigenvalue weighted by Gasteiger charge is -2.45. The quantitative estimate of drug-likeness (QED) is 0.691. The number of ether oxygens (including phenoxy) is 1. The lowest BCUT2D eigenvalue weighted by Crippen LogP contribution is -2.55. The molecule has 3 rings (SSSR count). The van der Waals surface area contributed by atoms with Crippen molar-refractivity contribution in [1.82, 2.24) is 15.2 Å². The van der Waals surface area contributed by atoms with E-state index in [1.165, 1.54) is 18.9 Å². The average molecular weight is 458 g/mol. The molecule has 6 nitrogen and oxygen atoms in total. The maximum atomic E-state index is 13.4.